The van der Waals surface area contributed by atoms with Gasteiger partial charge < -0.3 is 29.0 Å². The lowest BCUT2D eigenvalue weighted by atomic mass is 10.2. The fraction of sp³-hybridized carbons (Fsp3) is 0.238. The van der Waals surface area contributed by atoms with E-state index in [0.717, 1.165) is 11.6 Å². The lowest BCUT2D eigenvalue weighted by Gasteiger charge is -2.10. The Kier molecular flexibility index (Phi) is 7.26. The average Bonchev–Trinajstić information content (AvgIpc) is 3.23. The first kappa shape index (κ1) is 21.9. The Hall–Kier alpha value is -3.82. The van der Waals surface area contributed by atoms with Crippen LogP contribution in [0, 0.1) is 0 Å². The van der Waals surface area contributed by atoms with E-state index in [1.165, 1.54) is 31.4 Å². The fourth-order valence-electron chi connectivity index (χ4n) is 2.63. The molecule has 0 unspecified atom stereocenters. The van der Waals surface area contributed by atoms with E-state index >= 15 is 0 Å². The third-order valence-corrected chi connectivity index (χ3v) is 4.09. The van der Waals surface area contributed by atoms with Crippen LogP contribution in [0.1, 0.15) is 11.1 Å². The minimum atomic E-state index is -2.98. The van der Waals surface area contributed by atoms with Gasteiger partial charge in [0.15, 0.2) is 29.6 Å². The molecule has 31 heavy (non-hydrogen) atoms. The number of rotatable bonds is 9. The molecule has 0 radical (unpaired) electrons. The molecular weight excluding hydrogens is 416 g/mol. The Labute approximate surface area is 176 Å². The van der Waals surface area contributed by atoms with Crippen LogP contribution in [-0.4, -0.2) is 39.0 Å². The van der Waals surface area contributed by atoms with Crippen molar-refractivity contribution in [3.05, 3.63) is 53.6 Å². The summed E-state index contributed by atoms with van der Waals surface area (Å²) in [5.74, 6) is -0.0203. The number of halogens is 2. The molecule has 2 aromatic carbocycles. The number of ether oxygens (including phenoxy) is 5. The number of amides is 1. The van der Waals surface area contributed by atoms with E-state index in [9.17, 15) is 18.4 Å². The average molecular weight is 435 g/mol. The summed E-state index contributed by atoms with van der Waals surface area (Å²) < 4.78 is 49.4. The lowest BCUT2D eigenvalue weighted by Crippen LogP contribution is -2.28. The zero-order valence-electron chi connectivity index (χ0n) is 16.4. The van der Waals surface area contributed by atoms with E-state index in [-0.39, 0.29) is 24.8 Å². The molecule has 164 valence electrons. The Bertz CT molecular complexity index is 978. The number of esters is 1. The molecular formula is C21H19F2NO7. The van der Waals surface area contributed by atoms with Crippen LogP contribution in [0.4, 0.5) is 8.78 Å². The van der Waals surface area contributed by atoms with Crippen LogP contribution in [0.3, 0.4) is 0 Å². The largest absolute Gasteiger partial charge is 0.493 e. The normalized spacial score (nSPS) is 12.1. The van der Waals surface area contributed by atoms with Gasteiger partial charge in [-0.2, -0.15) is 8.78 Å². The maximum atomic E-state index is 12.3. The molecule has 0 fully saturated rings. The van der Waals surface area contributed by atoms with Crippen LogP contribution in [0.2, 0.25) is 0 Å². The summed E-state index contributed by atoms with van der Waals surface area (Å²) in [4.78, 5) is 23.7. The summed E-state index contributed by atoms with van der Waals surface area (Å²) in [5, 5.41) is 2.63. The second-order valence-corrected chi connectivity index (χ2v) is 6.19. The van der Waals surface area contributed by atoms with Crippen molar-refractivity contribution in [2.45, 2.75) is 13.2 Å². The highest BCUT2D eigenvalue weighted by molar-refractivity contribution is 5.89. The smallest absolute Gasteiger partial charge is 0.387 e. The van der Waals surface area contributed by atoms with Crippen LogP contribution >= 0.6 is 0 Å². The molecule has 10 heteroatoms. The highest BCUT2D eigenvalue weighted by Gasteiger charge is 2.14. The number of alkyl halides is 2. The zero-order valence-corrected chi connectivity index (χ0v) is 16.4. The number of benzene rings is 2. The predicted molar refractivity (Wildman–Crippen MR) is 104 cm³/mol. The van der Waals surface area contributed by atoms with Gasteiger partial charge in [-0.3, -0.25) is 4.79 Å². The predicted octanol–water partition coefficient (Wildman–Crippen LogP) is 2.90. The van der Waals surface area contributed by atoms with Crippen molar-refractivity contribution in [3.63, 3.8) is 0 Å². The van der Waals surface area contributed by atoms with Crippen molar-refractivity contribution in [2.24, 2.45) is 0 Å². The second kappa shape index (κ2) is 10.3. The van der Waals surface area contributed by atoms with Gasteiger partial charge in [-0.15, -0.1) is 0 Å². The highest BCUT2D eigenvalue weighted by Crippen LogP contribution is 2.32. The van der Waals surface area contributed by atoms with E-state index in [0.29, 0.717) is 17.1 Å². The van der Waals surface area contributed by atoms with Crippen LogP contribution in [0.15, 0.2) is 42.5 Å². The molecule has 0 saturated carbocycles. The van der Waals surface area contributed by atoms with Crippen LogP contribution in [0.5, 0.6) is 23.0 Å². The lowest BCUT2D eigenvalue weighted by molar-refractivity contribution is -0.143. The van der Waals surface area contributed by atoms with E-state index in [4.69, 9.17) is 18.9 Å². The zero-order chi connectivity index (χ0) is 22.2. The molecule has 0 bridgehead atoms. The van der Waals surface area contributed by atoms with Crippen molar-refractivity contribution in [2.75, 3.05) is 20.5 Å². The van der Waals surface area contributed by atoms with Crippen molar-refractivity contribution in [3.8, 4) is 23.0 Å². The number of hydrogen-bond acceptors (Lipinski definition) is 7. The quantitative estimate of drug-likeness (QED) is 0.478. The van der Waals surface area contributed by atoms with Crippen LogP contribution < -0.4 is 24.3 Å². The number of carbonyl (C=O) groups excluding carboxylic acids is 2. The highest BCUT2D eigenvalue weighted by atomic mass is 19.3. The van der Waals surface area contributed by atoms with Gasteiger partial charge >= 0.3 is 12.6 Å². The van der Waals surface area contributed by atoms with Gasteiger partial charge in [-0.1, -0.05) is 12.1 Å². The van der Waals surface area contributed by atoms with Gasteiger partial charge in [0.05, 0.1) is 7.11 Å². The first-order valence-electron chi connectivity index (χ1n) is 9.07. The third-order valence-electron chi connectivity index (χ3n) is 4.09. The Morgan fingerprint density at radius 1 is 1.13 bits per heavy atom. The number of methoxy groups -OCH3 is 1. The summed E-state index contributed by atoms with van der Waals surface area (Å²) in [6.45, 7) is -3.05. The molecule has 1 aliphatic heterocycles. The van der Waals surface area contributed by atoms with Crippen LogP contribution in [0.25, 0.3) is 6.08 Å². The fourth-order valence-corrected chi connectivity index (χ4v) is 2.63. The number of fused-ring (bicyclic) bond motifs is 1. The summed E-state index contributed by atoms with van der Waals surface area (Å²) in [6, 6.07) is 9.45. The monoisotopic (exact) mass is 435 g/mol. The molecule has 3 rings (SSSR count). The Balaban J connectivity index is 1.45. The van der Waals surface area contributed by atoms with E-state index in [1.54, 1.807) is 18.2 Å². The first-order chi connectivity index (χ1) is 14.9. The van der Waals surface area contributed by atoms with Gasteiger partial charge in [0.1, 0.15) is 0 Å². The molecule has 8 nitrogen and oxygen atoms in total. The van der Waals surface area contributed by atoms with Gasteiger partial charge in [0.2, 0.25) is 6.79 Å². The molecule has 1 aliphatic rings. The Morgan fingerprint density at radius 3 is 2.71 bits per heavy atom. The minimum Gasteiger partial charge on any atom is -0.493 e. The molecule has 1 heterocycles. The Morgan fingerprint density at radius 2 is 1.94 bits per heavy atom. The summed E-state index contributed by atoms with van der Waals surface area (Å²) in [7, 11) is 1.30. The van der Waals surface area contributed by atoms with Gasteiger partial charge in [-0.05, 0) is 41.5 Å². The molecule has 0 spiro atoms. The summed E-state index contributed by atoms with van der Waals surface area (Å²) in [5.41, 5.74) is 1.29. The molecule has 1 amide bonds. The molecule has 2 aromatic rings. The molecule has 0 saturated heterocycles. The maximum absolute atomic E-state index is 12.3. The third kappa shape index (κ3) is 6.33. The second-order valence-electron chi connectivity index (χ2n) is 6.19. The number of nitrogens with one attached hydrogen (secondary N) is 1. The molecule has 0 aliphatic carbocycles. The van der Waals surface area contributed by atoms with Gasteiger partial charge in [-0.25, -0.2) is 4.79 Å². The van der Waals surface area contributed by atoms with Crippen molar-refractivity contribution in [1.82, 2.24) is 5.32 Å². The first-order valence-corrected chi connectivity index (χ1v) is 9.07. The minimum absolute atomic E-state index is 0.0821. The number of hydrogen-bond donors (Lipinski definition) is 1. The van der Waals surface area contributed by atoms with Crippen molar-refractivity contribution < 1.29 is 42.1 Å². The number of carbonyl (C=O) groups is 2. The molecule has 0 atom stereocenters. The molecule has 1 N–H and O–H groups in total. The van der Waals surface area contributed by atoms with Crippen molar-refractivity contribution in [1.29, 1.82) is 0 Å². The maximum Gasteiger partial charge on any atom is 0.387 e. The SMILES string of the molecule is COc1cc(/C=C/C(=O)OCC(=O)NCc2ccc3c(c2)OCO3)ccc1OC(F)F. The topological polar surface area (TPSA) is 92.3 Å². The van der Waals surface area contributed by atoms with Crippen molar-refractivity contribution >= 4 is 18.0 Å². The van der Waals surface area contributed by atoms with E-state index in [1.807, 2.05) is 0 Å². The van der Waals surface area contributed by atoms with E-state index in [2.05, 4.69) is 10.1 Å². The summed E-state index contributed by atoms with van der Waals surface area (Å²) >= 11 is 0. The van der Waals surface area contributed by atoms with Gasteiger partial charge in [0, 0.05) is 12.6 Å². The standard InChI is InChI=1S/C21H19F2NO7/c1-27-17-8-13(2-6-16(17)31-21(22)23)4-7-20(26)28-11-19(25)24-10-14-3-5-15-18(9-14)30-12-29-15/h2-9,21H,10-12H2,1H3,(H,24,25)/b7-4+. The van der Waals surface area contributed by atoms with E-state index < -0.39 is 25.1 Å². The van der Waals surface area contributed by atoms with Gasteiger partial charge in [0.25, 0.3) is 5.91 Å². The van der Waals surface area contributed by atoms with Crippen LogP contribution in [-0.2, 0) is 20.9 Å². The molecule has 0 aromatic heterocycles. The summed E-state index contributed by atoms with van der Waals surface area (Å²) in [6.07, 6.45) is 2.50.